The van der Waals surface area contributed by atoms with Gasteiger partial charge in [0.05, 0.1) is 12.4 Å². The van der Waals surface area contributed by atoms with Gasteiger partial charge < -0.3 is 0 Å². The summed E-state index contributed by atoms with van der Waals surface area (Å²) in [7, 11) is 0. The van der Waals surface area contributed by atoms with E-state index < -0.39 is 0 Å². The second kappa shape index (κ2) is 3.57. The fourth-order valence-corrected chi connectivity index (χ4v) is 1.25. The summed E-state index contributed by atoms with van der Waals surface area (Å²) in [5, 5.41) is 7.64. The van der Waals surface area contributed by atoms with Gasteiger partial charge in [0.2, 0.25) is 0 Å². The molecule has 0 N–H and O–H groups in total. The molecule has 0 aliphatic carbocycles. The van der Waals surface area contributed by atoms with E-state index in [9.17, 15) is 0 Å². The van der Waals surface area contributed by atoms with Crippen molar-refractivity contribution in [1.82, 2.24) is 20.0 Å². The Morgan fingerprint density at radius 3 is 2.79 bits per heavy atom. The molecule has 0 spiro atoms. The molecule has 0 saturated carbocycles. The van der Waals surface area contributed by atoms with Gasteiger partial charge in [-0.2, -0.15) is 0 Å². The highest BCUT2D eigenvalue weighted by molar-refractivity contribution is 5.28. The van der Waals surface area contributed by atoms with Crippen molar-refractivity contribution in [2.24, 2.45) is 0 Å². The summed E-state index contributed by atoms with van der Waals surface area (Å²) in [4.78, 5) is 4.22. The molecule has 0 unspecified atom stereocenters. The lowest BCUT2D eigenvalue weighted by Crippen LogP contribution is -2.00. The lowest BCUT2D eigenvalue weighted by molar-refractivity contribution is 0.773. The summed E-state index contributed by atoms with van der Waals surface area (Å²) in [6.45, 7) is 4.31. The summed E-state index contributed by atoms with van der Waals surface area (Å²) in [6.07, 6.45) is 5.22. The van der Waals surface area contributed by atoms with Crippen molar-refractivity contribution < 1.29 is 0 Å². The van der Waals surface area contributed by atoms with E-state index in [4.69, 9.17) is 0 Å². The molecule has 0 bridgehead atoms. The molecule has 2 aromatic heterocycles. The van der Waals surface area contributed by atoms with E-state index in [1.807, 2.05) is 12.1 Å². The minimum atomic E-state index is 0.500. The molecule has 2 rings (SSSR count). The van der Waals surface area contributed by atoms with Crippen molar-refractivity contribution in [2.45, 2.75) is 19.8 Å². The topological polar surface area (TPSA) is 43.6 Å². The maximum absolute atomic E-state index is 4.22. The summed E-state index contributed by atoms with van der Waals surface area (Å²) >= 11 is 0. The van der Waals surface area contributed by atoms with Crippen LogP contribution in [-0.4, -0.2) is 20.0 Å². The van der Waals surface area contributed by atoms with Crippen LogP contribution < -0.4 is 0 Å². The number of aromatic nitrogens is 4. The smallest absolute Gasteiger partial charge is 0.155 e. The molecule has 2 heterocycles. The normalized spacial score (nSPS) is 10.8. The zero-order valence-corrected chi connectivity index (χ0v) is 8.25. The number of pyridine rings is 1. The van der Waals surface area contributed by atoms with Crippen molar-refractivity contribution >= 4 is 0 Å². The van der Waals surface area contributed by atoms with Crippen molar-refractivity contribution in [3.8, 4) is 5.82 Å². The Labute approximate surface area is 82.6 Å². The van der Waals surface area contributed by atoms with Crippen molar-refractivity contribution in [3.05, 3.63) is 36.3 Å². The van der Waals surface area contributed by atoms with Crippen LogP contribution in [0.2, 0.25) is 0 Å². The summed E-state index contributed by atoms with van der Waals surface area (Å²) < 4.78 is 1.66. The number of hydrogen-bond acceptors (Lipinski definition) is 3. The molecule has 0 saturated heterocycles. The number of rotatable bonds is 2. The Kier molecular flexibility index (Phi) is 2.26. The van der Waals surface area contributed by atoms with Crippen molar-refractivity contribution in [3.63, 3.8) is 0 Å². The van der Waals surface area contributed by atoms with E-state index in [2.05, 4.69) is 29.1 Å². The van der Waals surface area contributed by atoms with Gasteiger partial charge >= 0.3 is 0 Å². The van der Waals surface area contributed by atoms with Gasteiger partial charge in [-0.15, -0.1) is 5.10 Å². The van der Waals surface area contributed by atoms with Crippen LogP contribution in [0.3, 0.4) is 0 Å². The molecule has 4 heteroatoms. The van der Waals surface area contributed by atoms with Gasteiger partial charge in [-0.25, -0.2) is 9.67 Å². The number of hydrogen-bond donors (Lipinski definition) is 0. The van der Waals surface area contributed by atoms with Gasteiger partial charge in [-0.1, -0.05) is 19.1 Å². The van der Waals surface area contributed by atoms with E-state index in [-0.39, 0.29) is 0 Å². The second-order valence-corrected chi connectivity index (χ2v) is 3.45. The Morgan fingerprint density at radius 2 is 2.14 bits per heavy atom. The molecule has 0 amide bonds. The summed E-state index contributed by atoms with van der Waals surface area (Å²) in [5.74, 6) is 1.31. The lowest BCUT2D eigenvalue weighted by Gasteiger charge is -2.06. The van der Waals surface area contributed by atoms with Crippen molar-refractivity contribution in [2.75, 3.05) is 0 Å². The van der Waals surface area contributed by atoms with Crippen LogP contribution in [-0.2, 0) is 0 Å². The largest absolute Gasteiger partial charge is 0.237 e. The summed E-state index contributed by atoms with van der Waals surface area (Å²) in [5.41, 5.74) is 1.26. The maximum Gasteiger partial charge on any atom is 0.155 e. The van der Waals surface area contributed by atoms with Crippen LogP contribution in [0.5, 0.6) is 0 Å². The van der Waals surface area contributed by atoms with Crippen LogP contribution in [0.25, 0.3) is 5.82 Å². The third-order valence-corrected chi connectivity index (χ3v) is 2.09. The Balaban J connectivity index is 2.41. The Morgan fingerprint density at radius 1 is 1.29 bits per heavy atom. The average Bonchev–Trinajstić information content (AvgIpc) is 2.71. The fourth-order valence-electron chi connectivity index (χ4n) is 1.25. The van der Waals surface area contributed by atoms with Crippen LogP contribution >= 0.6 is 0 Å². The zero-order valence-electron chi connectivity index (χ0n) is 8.25. The Bertz CT molecular complexity index is 406. The molecule has 72 valence electrons. The molecule has 14 heavy (non-hydrogen) atoms. The standard InChI is InChI=1S/C10H12N4/c1-8(2)9-3-4-11-10(7-9)14-6-5-12-13-14/h3-8H,1-2H3. The van der Waals surface area contributed by atoms with E-state index in [1.165, 1.54) is 5.56 Å². The van der Waals surface area contributed by atoms with E-state index in [0.717, 1.165) is 5.82 Å². The molecule has 0 atom stereocenters. The molecular weight excluding hydrogens is 176 g/mol. The summed E-state index contributed by atoms with van der Waals surface area (Å²) in [6, 6.07) is 4.05. The highest BCUT2D eigenvalue weighted by atomic mass is 15.4. The molecule has 0 aliphatic heterocycles. The van der Waals surface area contributed by atoms with E-state index in [0.29, 0.717) is 5.92 Å². The average molecular weight is 188 g/mol. The predicted octanol–water partition coefficient (Wildman–Crippen LogP) is 1.79. The van der Waals surface area contributed by atoms with Crippen LogP contribution in [0.4, 0.5) is 0 Å². The van der Waals surface area contributed by atoms with Gasteiger partial charge in [-0.05, 0) is 23.6 Å². The van der Waals surface area contributed by atoms with Gasteiger partial charge in [0.15, 0.2) is 5.82 Å². The Hall–Kier alpha value is -1.71. The first kappa shape index (κ1) is 8.87. The quantitative estimate of drug-likeness (QED) is 0.721. The maximum atomic E-state index is 4.22. The molecular formula is C10H12N4. The SMILES string of the molecule is CC(C)c1ccnc(-n2ccnn2)c1. The van der Waals surface area contributed by atoms with Crippen LogP contribution in [0, 0.1) is 0 Å². The minimum absolute atomic E-state index is 0.500. The molecule has 0 fully saturated rings. The van der Waals surface area contributed by atoms with Gasteiger partial charge in [-0.3, -0.25) is 0 Å². The molecule has 4 nitrogen and oxygen atoms in total. The highest BCUT2D eigenvalue weighted by Gasteiger charge is 2.02. The minimum Gasteiger partial charge on any atom is -0.237 e. The molecule has 0 aliphatic rings. The number of nitrogens with zero attached hydrogens (tertiary/aromatic N) is 4. The predicted molar refractivity (Wildman–Crippen MR) is 53.2 cm³/mol. The van der Waals surface area contributed by atoms with E-state index >= 15 is 0 Å². The van der Waals surface area contributed by atoms with E-state index in [1.54, 1.807) is 23.3 Å². The van der Waals surface area contributed by atoms with Gasteiger partial charge in [0.1, 0.15) is 0 Å². The first-order chi connectivity index (χ1) is 6.77. The first-order valence-corrected chi connectivity index (χ1v) is 4.60. The van der Waals surface area contributed by atoms with Gasteiger partial charge in [0, 0.05) is 6.20 Å². The highest BCUT2D eigenvalue weighted by Crippen LogP contribution is 2.15. The third-order valence-electron chi connectivity index (χ3n) is 2.09. The monoisotopic (exact) mass is 188 g/mol. The lowest BCUT2D eigenvalue weighted by atomic mass is 10.1. The molecule has 0 radical (unpaired) electrons. The second-order valence-electron chi connectivity index (χ2n) is 3.45. The van der Waals surface area contributed by atoms with Crippen LogP contribution in [0.15, 0.2) is 30.7 Å². The first-order valence-electron chi connectivity index (χ1n) is 4.60. The molecule has 0 aromatic carbocycles. The van der Waals surface area contributed by atoms with Crippen molar-refractivity contribution in [1.29, 1.82) is 0 Å². The zero-order chi connectivity index (χ0) is 9.97. The third kappa shape index (κ3) is 1.64. The molecule has 2 aromatic rings. The fraction of sp³-hybridized carbons (Fsp3) is 0.300. The van der Waals surface area contributed by atoms with Crippen LogP contribution in [0.1, 0.15) is 25.3 Å². The van der Waals surface area contributed by atoms with Gasteiger partial charge in [0.25, 0.3) is 0 Å².